The fourth-order valence-electron chi connectivity index (χ4n) is 2.15. The van der Waals surface area contributed by atoms with E-state index in [9.17, 15) is 4.79 Å². The first kappa shape index (κ1) is 12.5. The Kier molecular flexibility index (Phi) is 4.07. The first-order valence-corrected chi connectivity index (χ1v) is 7.20. The number of benzene rings is 1. The monoisotopic (exact) mass is 250 g/mol. The smallest absolute Gasteiger partial charge is 0.238 e. The molecule has 1 aliphatic rings. The number of rotatable bonds is 4. The van der Waals surface area contributed by atoms with E-state index >= 15 is 0 Å². The molecule has 1 saturated heterocycles. The topological polar surface area (TPSA) is 32.3 Å². The second-order valence-electron chi connectivity index (χ2n) is 4.22. The molecule has 1 aromatic carbocycles. The molecular weight excluding hydrogens is 232 g/mol. The molecule has 0 aromatic heterocycles. The summed E-state index contributed by atoms with van der Waals surface area (Å²) in [5, 5.41) is 3.29. The van der Waals surface area contributed by atoms with Gasteiger partial charge in [0.15, 0.2) is 0 Å². The van der Waals surface area contributed by atoms with Crippen molar-refractivity contribution in [3.8, 4) is 0 Å². The molecule has 0 saturated carbocycles. The van der Waals surface area contributed by atoms with Crippen LogP contribution in [-0.2, 0) is 4.79 Å². The van der Waals surface area contributed by atoms with Crippen LogP contribution in [0.4, 0.5) is 0 Å². The van der Waals surface area contributed by atoms with Gasteiger partial charge in [0, 0.05) is 12.3 Å². The molecule has 1 amide bonds. The number of hydrogen-bond donors (Lipinski definition) is 1. The molecule has 1 aliphatic heterocycles. The van der Waals surface area contributed by atoms with E-state index in [2.05, 4.69) is 30.6 Å². The van der Waals surface area contributed by atoms with Gasteiger partial charge in [-0.1, -0.05) is 24.3 Å². The molecule has 1 aromatic rings. The van der Waals surface area contributed by atoms with E-state index in [1.54, 1.807) is 11.8 Å². The molecule has 92 valence electrons. The highest BCUT2D eigenvalue weighted by Crippen LogP contribution is 2.25. The fourth-order valence-corrected chi connectivity index (χ4v) is 2.53. The van der Waals surface area contributed by atoms with Gasteiger partial charge in [-0.3, -0.25) is 10.1 Å². The van der Waals surface area contributed by atoms with Crippen molar-refractivity contribution >= 4 is 17.7 Å². The van der Waals surface area contributed by atoms with E-state index in [0.717, 1.165) is 12.3 Å². The Bertz CT molecular complexity index is 408. The van der Waals surface area contributed by atoms with E-state index in [4.69, 9.17) is 0 Å². The number of nitrogens with one attached hydrogen (secondary N) is 1. The number of amides is 1. The molecule has 1 heterocycles. The van der Waals surface area contributed by atoms with E-state index in [1.807, 2.05) is 17.0 Å². The highest BCUT2D eigenvalue weighted by Gasteiger charge is 2.31. The lowest BCUT2D eigenvalue weighted by Crippen LogP contribution is -2.32. The minimum atomic E-state index is 0.0517. The van der Waals surface area contributed by atoms with Gasteiger partial charge in [-0.2, -0.15) is 11.8 Å². The zero-order valence-corrected chi connectivity index (χ0v) is 11.1. The van der Waals surface area contributed by atoms with E-state index in [1.165, 1.54) is 11.1 Å². The summed E-state index contributed by atoms with van der Waals surface area (Å²) >= 11 is 1.77. The Balaban J connectivity index is 2.19. The van der Waals surface area contributed by atoms with Crippen LogP contribution < -0.4 is 5.32 Å². The van der Waals surface area contributed by atoms with E-state index in [0.29, 0.717) is 6.54 Å². The van der Waals surface area contributed by atoms with Gasteiger partial charge in [-0.15, -0.1) is 0 Å². The second-order valence-corrected chi connectivity index (χ2v) is 5.21. The van der Waals surface area contributed by atoms with Crippen LogP contribution in [0.2, 0.25) is 0 Å². The summed E-state index contributed by atoms with van der Waals surface area (Å²) in [5.74, 6) is 1.18. The molecule has 4 heteroatoms. The van der Waals surface area contributed by atoms with Gasteiger partial charge in [-0.05, 0) is 24.3 Å². The third-order valence-electron chi connectivity index (χ3n) is 3.10. The van der Waals surface area contributed by atoms with Crippen LogP contribution >= 0.6 is 11.8 Å². The van der Waals surface area contributed by atoms with Crippen molar-refractivity contribution in [3.05, 3.63) is 35.4 Å². The van der Waals surface area contributed by atoms with Crippen molar-refractivity contribution < 1.29 is 4.79 Å². The molecule has 3 nitrogen and oxygen atoms in total. The molecular formula is C13H18N2OS. The van der Waals surface area contributed by atoms with Crippen molar-refractivity contribution in [2.45, 2.75) is 13.1 Å². The molecule has 0 aliphatic carbocycles. The van der Waals surface area contributed by atoms with Crippen LogP contribution in [0.15, 0.2) is 24.3 Å². The maximum atomic E-state index is 11.8. The molecule has 1 unspecified atom stereocenters. The maximum Gasteiger partial charge on any atom is 0.238 e. The third-order valence-corrected chi connectivity index (χ3v) is 3.69. The lowest BCUT2D eigenvalue weighted by atomic mass is 10.1. The van der Waals surface area contributed by atoms with Gasteiger partial charge in [0.25, 0.3) is 0 Å². The summed E-state index contributed by atoms with van der Waals surface area (Å²) in [5.41, 5.74) is 2.44. The van der Waals surface area contributed by atoms with Crippen molar-refractivity contribution in [2.75, 3.05) is 25.1 Å². The van der Waals surface area contributed by atoms with E-state index < -0.39 is 0 Å². The number of hydrogen-bond acceptors (Lipinski definition) is 3. The number of aryl methyl sites for hydroxylation is 1. The summed E-state index contributed by atoms with van der Waals surface area (Å²) in [7, 11) is 0. The van der Waals surface area contributed by atoms with Crippen molar-refractivity contribution in [1.29, 1.82) is 0 Å². The Labute approximate surface area is 107 Å². The van der Waals surface area contributed by atoms with Crippen LogP contribution in [0, 0.1) is 6.92 Å². The third kappa shape index (κ3) is 2.64. The molecule has 0 spiro atoms. The SMILES string of the molecule is CSCCN1C(=O)CNC1c1ccccc1C. The molecule has 17 heavy (non-hydrogen) atoms. The second kappa shape index (κ2) is 5.56. The summed E-state index contributed by atoms with van der Waals surface area (Å²) in [6.07, 6.45) is 2.12. The Morgan fingerprint density at radius 1 is 1.47 bits per heavy atom. The fraction of sp³-hybridized carbons (Fsp3) is 0.462. The number of nitrogens with zero attached hydrogens (tertiary/aromatic N) is 1. The normalized spacial score (nSPS) is 20.0. The molecule has 1 atom stereocenters. The van der Waals surface area contributed by atoms with E-state index in [-0.39, 0.29) is 12.1 Å². The van der Waals surface area contributed by atoms with Crippen LogP contribution in [0.25, 0.3) is 0 Å². The molecule has 0 bridgehead atoms. The Morgan fingerprint density at radius 2 is 2.24 bits per heavy atom. The summed E-state index contributed by atoms with van der Waals surface area (Å²) in [6, 6.07) is 8.24. The molecule has 1 fully saturated rings. The van der Waals surface area contributed by atoms with Gasteiger partial charge in [0.1, 0.15) is 6.17 Å². The Morgan fingerprint density at radius 3 is 2.94 bits per heavy atom. The summed E-state index contributed by atoms with van der Waals surface area (Å²) in [6.45, 7) is 3.35. The van der Waals surface area contributed by atoms with Crippen LogP contribution in [0.5, 0.6) is 0 Å². The zero-order chi connectivity index (χ0) is 12.3. The van der Waals surface area contributed by atoms with Gasteiger partial charge in [0.05, 0.1) is 6.54 Å². The lowest BCUT2D eigenvalue weighted by molar-refractivity contribution is -0.127. The summed E-state index contributed by atoms with van der Waals surface area (Å²) < 4.78 is 0. The van der Waals surface area contributed by atoms with Crippen molar-refractivity contribution in [1.82, 2.24) is 10.2 Å². The number of thioether (sulfide) groups is 1. The predicted octanol–water partition coefficient (Wildman–Crippen LogP) is 1.79. The predicted molar refractivity (Wildman–Crippen MR) is 72.0 cm³/mol. The van der Waals surface area contributed by atoms with Crippen LogP contribution in [0.3, 0.4) is 0 Å². The molecule has 0 radical (unpaired) electrons. The number of carbonyl (C=O) groups is 1. The van der Waals surface area contributed by atoms with Gasteiger partial charge in [-0.25, -0.2) is 0 Å². The highest BCUT2D eigenvalue weighted by molar-refractivity contribution is 7.98. The van der Waals surface area contributed by atoms with Gasteiger partial charge >= 0.3 is 0 Å². The van der Waals surface area contributed by atoms with Crippen LogP contribution in [-0.4, -0.2) is 35.9 Å². The minimum Gasteiger partial charge on any atom is -0.321 e. The quantitative estimate of drug-likeness (QED) is 0.884. The first-order chi connectivity index (χ1) is 8.24. The first-order valence-electron chi connectivity index (χ1n) is 5.81. The highest BCUT2D eigenvalue weighted by atomic mass is 32.2. The zero-order valence-electron chi connectivity index (χ0n) is 10.3. The lowest BCUT2D eigenvalue weighted by Gasteiger charge is -2.25. The van der Waals surface area contributed by atoms with Gasteiger partial charge < -0.3 is 4.90 Å². The number of carbonyl (C=O) groups excluding carboxylic acids is 1. The maximum absolute atomic E-state index is 11.8. The van der Waals surface area contributed by atoms with Crippen LogP contribution in [0.1, 0.15) is 17.3 Å². The van der Waals surface area contributed by atoms with Crippen molar-refractivity contribution in [2.24, 2.45) is 0 Å². The molecule has 2 rings (SSSR count). The minimum absolute atomic E-state index is 0.0517. The average molecular weight is 250 g/mol. The Hall–Kier alpha value is -1.00. The standard InChI is InChI=1S/C13H18N2OS/c1-10-5-3-4-6-11(10)13-14-9-12(16)15(13)7-8-17-2/h3-6,13-14H,7-9H2,1-2H3. The van der Waals surface area contributed by atoms with Gasteiger partial charge in [0.2, 0.25) is 5.91 Å². The average Bonchev–Trinajstić information content (AvgIpc) is 2.69. The van der Waals surface area contributed by atoms with Crippen molar-refractivity contribution in [3.63, 3.8) is 0 Å². The summed E-state index contributed by atoms with van der Waals surface area (Å²) in [4.78, 5) is 13.8. The largest absolute Gasteiger partial charge is 0.321 e. The molecule has 1 N–H and O–H groups in total.